The molecule has 4 fully saturated rings. The monoisotopic (exact) mass is 459 g/mol. The number of alkyl halides is 2. The number of aromatic nitrogens is 2. The molecule has 0 spiro atoms. The SMILES string of the molecule is C[C@@]1(O)CC[C@@]2(C(F)F)[C@@H](CC[C@H]3[C@@H]4CC[C@H](C(=O)Cn5ccc(C#N)n5)[C@@]4(C)CC[C@@H]32)C1. The summed E-state index contributed by atoms with van der Waals surface area (Å²) < 4.78 is 31.2. The zero-order chi connectivity index (χ0) is 23.6. The van der Waals surface area contributed by atoms with Gasteiger partial charge in [-0.2, -0.15) is 10.4 Å². The van der Waals surface area contributed by atoms with Gasteiger partial charge in [0.05, 0.1) is 12.1 Å². The number of carbonyl (C=O) groups is 1. The number of hydrogen-bond donors (Lipinski definition) is 1. The first-order valence-electron chi connectivity index (χ1n) is 12.6. The van der Waals surface area contributed by atoms with Gasteiger partial charge in [0.25, 0.3) is 0 Å². The molecule has 7 heteroatoms. The van der Waals surface area contributed by atoms with Gasteiger partial charge in [-0.1, -0.05) is 6.92 Å². The van der Waals surface area contributed by atoms with Crippen LogP contribution in [0.4, 0.5) is 8.78 Å². The molecule has 5 nitrogen and oxygen atoms in total. The Hall–Kier alpha value is -1.81. The molecule has 5 rings (SSSR count). The van der Waals surface area contributed by atoms with E-state index >= 15 is 0 Å². The normalized spacial score (nSPS) is 44.6. The largest absolute Gasteiger partial charge is 0.390 e. The fourth-order valence-corrected chi connectivity index (χ4v) is 8.88. The number of nitriles is 1. The second-order valence-electron chi connectivity index (χ2n) is 11.9. The van der Waals surface area contributed by atoms with Gasteiger partial charge in [0, 0.05) is 17.5 Å². The van der Waals surface area contributed by atoms with Crippen LogP contribution in [0, 0.1) is 51.8 Å². The van der Waals surface area contributed by atoms with Crippen LogP contribution < -0.4 is 0 Å². The predicted molar refractivity (Wildman–Crippen MR) is 118 cm³/mol. The molecule has 0 aromatic carbocycles. The molecule has 4 saturated carbocycles. The van der Waals surface area contributed by atoms with Crippen molar-refractivity contribution in [2.75, 3.05) is 0 Å². The van der Waals surface area contributed by atoms with Gasteiger partial charge in [0.1, 0.15) is 6.07 Å². The summed E-state index contributed by atoms with van der Waals surface area (Å²) in [5.74, 6) is 0.493. The Morgan fingerprint density at radius 1 is 1.21 bits per heavy atom. The van der Waals surface area contributed by atoms with E-state index in [-0.39, 0.29) is 41.4 Å². The van der Waals surface area contributed by atoms with E-state index < -0.39 is 17.4 Å². The minimum absolute atomic E-state index is 0.0106. The van der Waals surface area contributed by atoms with Crippen molar-refractivity contribution in [2.45, 2.75) is 90.2 Å². The summed E-state index contributed by atoms with van der Waals surface area (Å²) in [6.45, 7) is 4.19. The first-order chi connectivity index (χ1) is 15.6. The molecule has 4 aliphatic rings. The van der Waals surface area contributed by atoms with E-state index in [1.165, 1.54) is 0 Å². The lowest BCUT2D eigenvalue weighted by molar-refractivity contribution is -0.207. The van der Waals surface area contributed by atoms with Crippen LogP contribution in [-0.4, -0.2) is 32.7 Å². The first kappa shape index (κ1) is 23.0. The number of fused-ring (bicyclic) bond motifs is 5. The second-order valence-corrected chi connectivity index (χ2v) is 11.9. The summed E-state index contributed by atoms with van der Waals surface area (Å²) in [5.41, 5.74) is -1.65. The maximum atomic E-state index is 14.8. The third-order valence-corrected chi connectivity index (χ3v) is 10.4. The van der Waals surface area contributed by atoms with E-state index in [9.17, 15) is 18.7 Å². The lowest BCUT2D eigenvalue weighted by atomic mass is 9.43. The highest BCUT2D eigenvalue weighted by atomic mass is 19.3. The van der Waals surface area contributed by atoms with Gasteiger partial charge in [-0.15, -0.1) is 0 Å². The van der Waals surface area contributed by atoms with E-state index in [1.807, 2.05) is 6.07 Å². The zero-order valence-electron chi connectivity index (χ0n) is 19.6. The summed E-state index contributed by atoms with van der Waals surface area (Å²) in [4.78, 5) is 13.3. The molecule has 4 aliphatic carbocycles. The molecule has 1 aromatic heterocycles. The van der Waals surface area contributed by atoms with Gasteiger partial charge >= 0.3 is 0 Å². The fraction of sp³-hybridized carbons (Fsp3) is 0.808. The third kappa shape index (κ3) is 3.47. The number of Topliss-reactive ketones (excluding diaryl/α,β-unsaturated/α-hetero) is 1. The second kappa shape index (κ2) is 7.86. The summed E-state index contributed by atoms with van der Waals surface area (Å²) >= 11 is 0. The Labute approximate surface area is 194 Å². The van der Waals surface area contributed by atoms with E-state index in [0.29, 0.717) is 30.9 Å². The minimum Gasteiger partial charge on any atom is -0.390 e. The molecule has 0 saturated heterocycles. The molecule has 1 heterocycles. The van der Waals surface area contributed by atoms with Crippen LogP contribution in [0.5, 0.6) is 0 Å². The van der Waals surface area contributed by atoms with Gasteiger partial charge in [0.15, 0.2) is 11.5 Å². The molecule has 0 aliphatic heterocycles. The molecule has 0 amide bonds. The Kier molecular flexibility index (Phi) is 5.47. The van der Waals surface area contributed by atoms with E-state index in [4.69, 9.17) is 5.26 Å². The lowest BCUT2D eigenvalue weighted by Gasteiger charge is -2.62. The van der Waals surface area contributed by atoms with Crippen molar-refractivity contribution < 1.29 is 18.7 Å². The summed E-state index contributed by atoms with van der Waals surface area (Å²) in [5, 5.41) is 23.8. The lowest BCUT2D eigenvalue weighted by Crippen LogP contribution is -2.59. The topological polar surface area (TPSA) is 78.9 Å². The van der Waals surface area contributed by atoms with Crippen molar-refractivity contribution >= 4 is 5.78 Å². The van der Waals surface area contributed by atoms with Crippen LogP contribution in [0.3, 0.4) is 0 Å². The Balaban J connectivity index is 1.38. The van der Waals surface area contributed by atoms with Crippen LogP contribution in [-0.2, 0) is 11.3 Å². The Morgan fingerprint density at radius 2 is 2.00 bits per heavy atom. The molecule has 1 N–H and O–H groups in total. The van der Waals surface area contributed by atoms with Crippen LogP contribution in [0.25, 0.3) is 0 Å². The summed E-state index contributed by atoms with van der Waals surface area (Å²) in [6.07, 6.45) is 5.68. The Bertz CT molecular complexity index is 969. The van der Waals surface area contributed by atoms with Crippen LogP contribution in [0.15, 0.2) is 12.3 Å². The fourth-order valence-electron chi connectivity index (χ4n) is 8.88. The van der Waals surface area contributed by atoms with Crippen molar-refractivity contribution in [3.63, 3.8) is 0 Å². The highest BCUT2D eigenvalue weighted by Gasteiger charge is 2.65. The van der Waals surface area contributed by atoms with Crippen LogP contribution >= 0.6 is 0 Å². The minimum atomic E-state index is -2.36. The van der Waals surface area contributed by atoms with Crippen molar-refractivity contribution in [2.24, 2.45) is 40.4 Å². The molecule has 180 valence electrons. The maximum absolute atomic E-state index is 14.8. The number of carbonyl (C=O) groups excluding carboxylic acids is 1. The maximum Gasteiger partial charge on any atom is 0.244 e. The van der Waals surface area contributed by atoms with Crippen LogP contribution in [0.1, 0.15) is 77.3 Å². The molecule has 0 bridgehead atoms. The molecule has 0 radical (unpaired) electrons. The van der Waals surface area contributed by atoms with Crippen molar-refractivity contribution in [3.05, 3.63) is 18.0 Å². The average molecular weight is 460 g/mol. The molecule has 1 aromatic rings. The van der Waals surface area contributed by atoms with E-state index in [2.05, 4.69) is 12.0 Å². The van der Waals surface area contributed by atoms with E-state index in [1.54, 1.807) is 23.9 Å². The van der Waals surface area contributed by atoms with Crippen molar-refractivity contribution in [3.8, 4) is 6.07 Å². The number of halogens is 2. The number of rotatable bonds is 4. The quantitative estimate of drug-likeness (QED) is 0.689. The van der Waals surface area contributed by atoms with Gasteiger partial charge in [-0.25, -0.2) is 8.78 Å². The molecule has 8 atom stereocenters. The van der Waals surface area contributed by atoms with Gasteiger partial charge < -0.3 is 5.11 Å². The van der Waals surface area contributed by atoms with Gasteiger partial charge in [-0.05, 0) is 99.9 Å². The number of nitrogens with zero attached hydrogens (tertiary/aromatic N) is 3. The molecule has 33 heavy (non-hydrogen) atoms. The summed E-state index contributed by atoms with van der Waals surface area (Å²) in [7, 11) is 0. The Morgan fingerprint density at radius 3 is 2.70 bits per heavy atom. The van der Waals surface area contributed by atoms with Gasteiger partial charge in [-0.3, -0.25) is 9.48 Å². The van der Waals surface area contributed by atoms with Crippen LogP contribution in [0.2, 0.25) is 0 Å². The standard InChI is InChI=1S/C26H35F2N3O2/c1-24(33)10-11-26(23(27)28)16(13-24)3-4-18-19-5-6-21(25(19,2)9-7-20(18)26)22(32)15-31-12-8-17(14-29)30-31/h8,12,16,18-21,23,33H,3-7,9-11,13,15H2,1-2H3/t16-,18-,19-,20-,21+,24+,25-,26+/m0/s1. The predicted octanol–water partition coefficient (Wildman–Crippen LogP) is 4.98. The van der Waals surface area contributed by atoms with E-state index in [0.717, 1.165) is 38.5 Å². The highest BCUT2D eigenvalue weighted by molar-refractivity contribution is 5.82. The zero-order valence-corrected chi connectivity index (χ0v) is 19.6. The van der Waals surface area contributed by atoms with Crippen molar-refractivity contribution in [1.29, 1.82) is 5.26 Å². The average Bonchev–Trinajstić information content (AvgIpc) is 3.36. The number of ketones is 1. The summed E-state index contributed by atoms with van der Waals surface area (Å²) in [6, 6.07) is 3.61. The number of aliphatic hydroxyl groups is 1. The van der Waals surface area contributed by atoms with Crippen molar-refractivity contribution in [1.82, 2.24) is 9.78 Å². The molecular weight excluding hydrogens is 424 g/mol. The third-order valence-electron chi connectivity index (χ3n) is 10.4. The highest BCUT2D eigenvalue weighted by Crippen LogP contribution is 2.69. The first-order valence-corrected chi connectivity index (χ1v) is 12.6. The van der Waals surface area contributed by atoms with Gasteiger partial charge in [0.2, 0.25) is 6.43 Å². The number of hydrogen-bond acceptors (Lipinski definition) is 4. The smallest absolute Gasteiger partial charge is 0.244 e. The molecule has 0 unspecified atom stereocenters. The molecular formula is C26H35F2N3O2.